The van der Waals surface area contributed by atoms with Gasteiger partial charge in [0.1, 0.15) is 11.1 Å². The van der Waals surface area contributed by atoms with E-state index in [-0.39, 0.29) is 0 Å². The van der Waals surface area contributed by atoms with Crippen LogP contribution in [0.25, 0.3) is 10.6 Å². The zero-order valence-corrected chi connectivity index (χ0v) is 18.1. The molecule has 0 amide bonds. The maximum atomic E-state index is 12.8. The average Bonchev–Trinajstić information content (AvgIpc) is 3.14. The molecule has 0 aliphatic heterocycles. The van der Waals surface area contributed by atoms with Crippen LogP contribution in [0.5, 0.6) is 0 Å². The second-order valence-electron chi connectivity index (χ2n) is 6.90. The fourth-order valence-electron chi connectivity index (χ4n) is 3.15. The number of hydrogen-bond donors (Lipinski definition) is 0. The van der Waals surface area contributed by atoms with Gasteiger partial charge in [0.05, 0.1) is 16.1 Å². The van der Waals surface area contributed by atoms with E-state index in [0.717, 1.165) is 17.0 Å². The van der Waals surface area contributed by atoms with E-state index >= 15 is 0 Å². The minimum absolute atomic E-state index is 0.510. The number of aromatic nitrogens is 1. The van der Waals surface area contributed by atoms with Crippen LogP contribution in [0.3, 0.4) is 0 Å². The summed E-state index contributed by atoms with van der Waals surface area (Å²) >= 11 is 1.31. The summed E-state index contributed by atoms with van der Waals surface area (Å²) in [4.78, 5) is 18.0. The Kier molecular flexibility index (Phi) is 7.12. The number of carbonyl (C=O) groups is 1. The normalized spacial score (nSPS) is 13.6. The topological polar surface area (TPSA) is 48.4 Å². The largest absolute Gasteiger partial charge is 0.454 e. The van der Waals surface area contributed by atoms with Crippen LogP contribution in [0.2, 0.25) is 0 Å². The molecule has 0 fully saturated rings. The monoisotopic (exact) mass is 449 g/mol. The second-order valence-corrected chi connectivity index (χ2v) is 7.93. The van der Waals surface area contributed by atoms with E-state index in [1.165, 1.54) is 30.6 Å². The summed E-state index contributed by atoms with van der Waals surface area (Å²) in [5.74, 6) is -0.510. The van der Waals surface area contributed by atoms with Crippen molar-refractivity contribution in [3.05, 3.63) is 76.3 Å². The molecule has 8 heteroatoms. The van der Waals surface area contributed by atoms with Crippen LogP contribution in [-0.2, 0) is 20.4 Å². The fourth-order valence-corrected chi connectivity index (χ4v) is 4.34. The summed E-state index contributed by atoms with van der Waals surface area (Å²) in [7, 11) is 1.44. The molecule has 2 atom stereocenters. The molecule has 0 bridgehead atoms. The number of ether oxygens (including phenoxy) is 2. The number of hydrogen-bond acceptors (Lipinski definition) is 5. The lowest BCUT2D eigenvalue weighted by molar-refractivity contribution is -0.162. The number of nitrogens with zero attached hydrogens (tertiary/aromatic N) is 1. The van der Waals surface area contributed by atoms with Crippen molar-refractivity contribution < 1.29 is 27.4 Å². The first-order valence-electron chi connectivity index (χ1n) is 9.67. The number of aryl methyl sites for hydroxylation is 1. The Labute approximate surface area is 182 Å². The molecule has 1 unspecified atom stereocenters. The number of carbonyl (C=O) groups excluding carboxylic acids is 1. The molecule has 0 radical (unpaired) electrons. The highest BCUT2D eigenvalue weighted by Gasteiger charge is 2.30. The van der Waals surface area contributed by atoms with Gasteiger partial charge < -0.3 is 9.47 Å². The Morgan fingerprint density at radius 3 is 2.29 bits per heavy atom. The standard InChI is InChI=1S/C23H22F3NO3S/c1-4-18(30-22(28)19(29-3)15-8-6-5-7-9-15)20-14(2)27-21(31-20)16-10-12-17(13-11-16)23(24,25)26/h5-13,18-19H,4H2,1-3H3/t18-,19?/m0/s1. The van der Waals surface area contributed by atoms with E-state index in [1.807, 2.05) is 25.1 Å². The molecule has 0 saturated heterocycles. The van der Waals surface area contributed by atoms with Gasteiger partial charge in [-0.2, -0.15) is 13.2 Å². The lowest BCUT2D eigenvalue weighted by Crippen LogP contribution is -2.20. The van der Waals surface area contributed by atoms with E-state index in [2.05, 4.69) is 4.98 Å². The van der Waals surface area contributed by atoms with E-state index in [0.29, 0.717) is 28.2 Å². The van der Waals surface area contributed by atoms with Gasteiger partial charge in [-0.1, -0.05) is 49.4 Å². The molecule has 1 heterocycles. The van der Waals surface area contributed by atoms with Crippen LogP contribution in [-0.4, -0.2) is 18.1 Å². The molecular formula is C23H22F3NO3S. The molecule has 0 aliphatic rings. The zero-order chi connectivity index (χ0) is 22.6. The molecule has 0 saturated carbocycles. The first-order valence-corrected chi connectivity index (χ1v) is 10.5. The SMILES string of the molecule is CC[C@H](OC(=O)C(OC)c1ccccc1)c1sc(-c2ccc(C(F)(F)F)cc2)nc1C. The van der Waals surface area contributed by atoms with Crippen molar-refractivity contribution in [1.29, 1.82) is 0 Å². The second kappa shape index (κ2) is 9.62. The number of thiazole rings is 1. The molecule has 4 nitrogen and oxygen atoms in total. The Balaban J connectivity index is 1.81. The molecule has 0 aliphatic carbocycles. The highest BCUT2D eigenvalue weighted by Crippen LogP contribution is 2.37. The van der Waals surface area contributed by atoms with Crippen LogP contribution in [0.4, 0.5) is 13.2 Å². The Bertz CT molecular complexity index is 1020. The van der Waals surface area contributed by atoms with Crippen LogP contribution in [0.15, 0.2) is 54.6 Å². The number of esters is 1. The highest BCUT2D eigenvalue weighted by molar-refractivity contribution is 7.15. The third kappa shape index (κ3) is 5.32. The summed E-state index contributed by atoms with van der Waals surface area (Å²) in [6.45, 7) is 3.68. The van der Waals surface area contributed by atoms with Gasteiger partial charge in [-0.3, -0.25) is 0 Å². The van der Waals surface area contributed by atoms with E-state index in [1.54, 1.807) is 19.1 Å². The van der Waals surface area contributed by atoms with Gasteiger partial charge in [0.15, 0.2) is 6.10 Å². The summed E-state index contributed by atoms with van der Waals surface area (Å²) in [5.41, 5.74) is 1.23. The van der Waals surface area contributed by atoms with E-state index < -0.39 is 29.9 Å². The summed E-state index contributed by atoms with van der Waals surface area (Å²) in [6.07, 6.45) is -5.25. The predicted molar refractivity (Wildman–Crippen MR) is 113 cm³/mol. The summed E-state index contributed by atoms with van der Waals surface area (Å²) in [6, 6.07) is 13.9. The van der Waals surface area contributed by atoms with E-state index in [4.69, 9.17) is 9.47 Å². The summed E-state index contributed by atoms with van der Waals surface area (Å²) < 4.78 is 49.5. The highest BCUT2D eigenvalue weighted by atomic mass is 32.1. The van der Waals surface area contributed by atoms with Crippen molar-refractivity contribution in [1.82, 2.24) is 4.98 Å². The van der Waals surface area contributed by atoms with Gasteiger partial charge in [0.25, 0.3) is 0 Å². The lowest BCUT2D eigenvalue weighted by atomic mass is 10.1. The number of halogens is 3. The van der Waals surface area contributed by atoms with Crippen LogP contribution in [0.1, 0.15) is 47.3 Å². The minimum Gasteiger partial charge on any atom is -0.454 e. The third-order valence-corrected chi connectivity index (χ3v) is 6.06. The van der Waals surface area contributed by atoms with Crippen molar-refractivity contribution in [3.63, 3.8) is 0 Å². The van der Waals surface area contributed by atoms with Crippen molar-refractivity contribution in [2.45, 2.75) is 38.7 Å². The molecule has 0 N–H and O–H groups in total. The van der Waals surface area contributed by atoms with Gasteiger partial charge in [0, 0.05) is 12.7 Å². The van der Waals surface area contributed by atoms with Crippen LogP contribution >= 0.6 is 11.3 Å². The molecule has 3 aromatic rings. The first-order chi connectivity index (χ1) is 14.7. The Morgan fingerprint density at radius 1 is 1.10 bits per heavy atom. The molecule has 3 rings (SSSR count). The van der Waals surface area contributed by atoms with Crippen molar-refractivity contribution >= 4 is 17.3 Å². The Morgan fingerprint density at radius 2 is 1.74 bits per heavy atom. The fraction of sp³-hybridized carbons (Fsp3) is 0.304. The summed E-state index contributed by atoms with van der Waals surface area (Å²) in [5, 5.41) is 0.571. The number of benzene rings is 2. The average molecular weight is 449 g/mol. The quantitative estimate of drug-likeness (QED) is 0.385. The van der Waals surface area contributed by atoms with Gasteiger partial charge in [-0.25, -0.2) is 9.78 Å². The van der Waals surface area contributed by atoms with E-state index in [9.17, 15) is 18.0 Å². The van der Waals surface area contributed by atoms with Gasteiger partial charge in [0.2, 0.25) is 0 Å². The third-order valence-electron chi connectivity index (χ3n) is 4.77. The van der Waals surface area contributed by atoms with Gasteiger partial charge >= 0.3 is 12.1 Å². The smallest absolute Gasteiger partial charge is 0.416 e. The van der Waals surface area contributed by atoms with Crippen LogP contribution < -0.4 is 0 Å². The molecule has 31 heavy (non-hydrogen) atoms. The number of alkyl halides is 3. The maximum Gasteiger partial charge on any atom is 0.416 e. The lowest BCUT2D eigenvalue weighted by Gasteiger charge is -2.20. The van der Waals surface area contributed by atoms with Gasteiger partial charge in [-0.15, -0.1) is 11.3 Å². The molecule has 2 aromatic carbocycles. The molecule has 0 spiro atoms. The van der Waals surface area contributed by atoms with Crippen molar-refractivity contribution in [2.75, 3.05) is 7.11 Å². The molecule has 1 aromatic heterocycles. The molecular weight excluding hydrogens is 427 g/mol. The first kappa shape index (κ1) is 23.0. The van der Waals surface area contributed by atoms with Crippen molar-refractivity contribution in [2.24, 2.45) is 0 Å². The number of methoxy groups -OCH3 is 1. The Hall–Kier alpha value is -2.71. The number of rotatable bonds is 7. The van der Waals surface area contributed by atoms with Crippen molar-refractivity contribution in [3.8, 4) is 10.6 Å². The maximum absolute atomic E-state index is 12.8. The van der Waals surface area contributed by atoms with Gasteiger partial charge in [-0.05, 0) is 31.0 Å². The minimum atomic E-state index is -4.39. The predicted octanol–water partition coefficient (Wildman–Crippen LogP) is 6.52. The molecule has 164 valence electrons. The van der Waals surface area contributed by atoms with Crippen LogP contribution in [0, 0.1) is 6.92 Å². The zero-order valence-electron chi connectivity index (χ0n) is 17.3.